The Balaban J connectivity index is 2.10. The predicted molar refractivity (Wildman–Crippen MR) is 71.0 cm³/mol. The van der Waals surface area contributed by atoms with Gasteiger partial charge in [0.25, 0.3) is 0 Å². The first-order valence-corrected chi connectivity index (χ1v) is 6.93. The van der Waals surface area contributed by atoms with E-state index < -0.39 is 0 Å². The van der Waals surface area contributed by atoms with Crippen molar-refractivity contribution >= 4 is 0 Å². The summed E-state index contributed by atoms with van der Waals surface area (Å²) in [7, 11) is 0. The van der Waals surface area contributed by atoms with E-state index in [1.807, 2.05) is 12.1 Å². The van der Waals surface area contributed by atoms with Gasteiger partial charge in [-0.25, -0.2) is 0 Å². The quantitative estimate of drug-likeness (QED) is 0.603. The van der Waals surface area contributed by atoms with E-state index in [1.165, 1.54) is 19.3 Å². The molecule has 1 aliphatic carbocycles. The third-order valence-electron chi connectivity index (χ3n) is 3.95. The van der Waals surface area contributed by atoms with Crippen LogP contribution in [-0.2, 0) is 11.2 Å². The van der Waals surface area contributed by atoms with Crippen LogP contribution in [0.1, 0.15) is 44.8 Å². The molecule has 4 heteroatoms. The van der Waals surface area contributed by atoms with E-state index >= 15 is 0 Å². The van der Waals surface area contributed by atoms with Crippen molar-refractivity contribution in [3.63, 3.8) is 0 Å². The molecule has 1 aromatic rings. The molecule has 4 nitrogen and oxygen atoms in total. The summed E-state index contributed by atoms with van der Waals surface area (Å²) in [5.74, 6) is 6.72. The molecule has 0 aromatic carbocycles. The summed E-state index contributed by atoms with van der Waals surface area (Å²) in [6.45, 7) is 2.78. The van der Waals surface area contributed by atoms with Crippen molar-refractivity contribution in [1.82, 2.24) is 5.43 Å². The maximum atomic E-state index is 6.09. The fourth-order valence-corrected chi connectivity index (χ4v) is 3.06. The lowest BCUT2D eigenvalue weighted by Crippen LogP contribution is -2.57. The number of hydrazine groups is 1. The molecule has 1 atom stereocenters. The molecule has 18 heavy (non-hydrogen) atoms. The van der Waals surface area contributed by atoms with Crippen LogP contribution in [0.5, 0.6) is 0 Å². The van der Waals surface area contributed by atoms with Gasteiger partial charge in [-0.1, -0.05) is 19.3 Å². The highest BCUT2D eigenvalue weighted by atomic mass is 16.5. The van der Waals surface area contributed by atoms with Gasteiger partial charge in [-0.2, -0.15) is 0 Å². The van der Waals surface area contributed by atoms with E-state index in [-0.39, 0.29) is 11.6 Å². The van der Waals surface area contributed by atoms with E-state index in [9.17, 15) is 0 Å². The van der Waals surface area contributed by atoms with Crippen LogP contribution < -0.4 is 11.3 Å². The number of hydrogen-bond acceptors (Lipinski definition) is 4. The number of ether oxygens (including phenoxy) is 1. The molecule has 1 saturated carbocycles. The number of nitrogens with one attached hydrogen (secondary N) is 1. The second-order valence-electron chi connectivity index (χ2n) is 5.06. The second-order valence-corrected chi connectivity index (χ2v) is 5.06. The van der Waals surface area contributed by atoms with Crippen molar-refractivity contribution in [3.8, 4) is 0 Å². The molecular formula is C14H24N2O2. The molecular weight excluding hydrogens is 228 g/mol. The average Bonchev–Trinajstić information content (AvgIpc) is 2.90. The lowest BCUT2D eigenvalue weighted by Gasteiger charge is -2.42. The van der Waals surface area contributed by atoms with Crippen molar-refractivity contribution in [2.75, 3.05) is 6.61 Å². The zero-order chi connectivity index (χ0) is 12.8. The van der Waals surface area contributed by atoms with Crippen molar-refractivity contribution in [2.24, 2.45) is 5.84 Å². The van der Waals surface area contributed by atoms with E-state index in [4.69, 9.17) is 15.0 Å². The van der Waals surface area contributed by atoms with Gasteiger partial charge < -0.3 is 9.15 Å². The third-order valence-corrected chi connectivity index (χ3v) is 3.95. The Labute approximate surface area is 109 Å². The number of furan rings is 1. The Morgan fingerprint density at radius 2 is 2.22 bits per heavy atom. The summed E-state index contributed by atoms with van der Waals surface area (Å²) in [4.78, 5) is 0. The van der Waals surface area contributed by atoms with Gasteiger partial charge in [-0.15, -0.1) is 0 Å². The molecule has 1 aliphatic rings. The minimum absolute atomic E-state index is 0.115. The van der Waals surface area contributed by atoms with E-state index in [0.29, 0.717) is 0 Å². The molecule has 0 aliphatic heterocycles. The first kappa shape index (κ1) is 13.6. The summed E-state index contributed by atoms with van der Waals surface area (Å²) < 4.78 is 11.5. The van der Waals surface area contributed by atoms with Crippen LogP contribution in [0.2, 0.25) is 0 Å². The van der Waals surface area contributed by atoms with E-state index in [1.54, 1.807) is 6.26 Å². The Bertz CT molecular complexity index is 326. The minimum Gasteiger partial charge on any atom is -0.469 e. The normalized spacial score (nSPS) is 20.8. The number of rotatable bonds is 6. The van der Waals surface area contributed by atoms with E-state index in [0.717, 1.165) is 31.6 Å². The Kier molecular flexibility index (Phi) is 4.80. The molecule has 0 spiro atoms. The van der Waals surface area contributed by atoms with Gasteiger partial charge in [-0.3, -0.25) is 11.3 Å². The molecule has 0 saturated heterocycles. The van der Waals surface area contributed by atoms with Crippen LogP contribution in [-0.4, -0.2) is 18.2 Å². The lowest BCUT2D eigenvalue weighted by atomic mass is 9.78. The molecule has 0 radical (unpaired) electrons. The Hall–Kier alpha value is -0.840. The molecule has 2 rings (SSSR count). The summed E-state index contributed by atoms with van der Waals surface area (Å²) in [6.07, 6.45) is 8.38. The van der Waals surface area contributed by atoms with Crippen LogP contribution >= 0.6 is 0 Å². The van der Waals surface area contributed by atoms with Crippen molar-refractivity contribution in [1.29, 1.82) is 0 Å². The summed E-state index contributed by atoms with van der Waals surface area (Å²) in [5, 5.41) is 0. The van der Waals surface area contributed by atoms with Crippen LogP contribution in [0, 0.1) is 0 Å². The smallest absolute Gasteiger partial charge is 0.105 e. The molecule has 1 unspecified atom stereocenters. The fraction of sp³-hybridized carbons (Fsp3) is 0.714. The zero-order valence-corrected chi connectivity index (χ0v) is 11.2. The third kappa shape index (κ3) is 2.94. The summed E-state index contributed by atoms with van der Waals surface area (Å²) in [6, 6.07) is 4.02. The van der Waals surface area contributed by atoms with Crippen LogP contribution in [0.3, 0.4) is 0 Å². The van der Waals surface area contributed by atoms with Gasteiger partial charge in [0.05, 0.1) is 17.9 Å². The first-order valence-electron chi connectivity index (χ1n) is 6.93. The first-order chi connectivity index (χ1) is 8.80. The van der Waals surface area contributed by atoms with Gasteiger partial charge in [0, 0.05) is 13.0 Å². The average molecular weight is 252 g/mol. The molecule has 1 fully saturated rings. The monoisotopic (exact) mass is 252 g/mol. The van der Waals surface area contributed by atoms with Crippen molar-refractivity contribution < 1.29 is 9.15 Å². The van der Waals surface area contributed by atoms with Crippen molar-refractivity contribution in [2.45, 2.75) is 57.1 Å². The highest BCUT2D eigenvalue weighted by Crippen LogP contribution is 2.35. The maximum absolute atomic E-state index is 6.09. The maximum Gasteiger partial charge on any atom is 0.105 e. The number of hydrogen-bond donors (Lipinski definition) is 2. The molecule has 0 bridgehead atoms. The molecule has 0 amide bonds. The molecule has 1 heterocycles. The lowest BCUT2D eigenvalue weighted by molar-refractivity contribution is -0.0906. The summed E-state index contributed by atoms with van der Waals surface area (Å²) in [5.41, 5.74) is 2.82. The predicted octanol–water partition coefficient (Wildman–Crippen LogP) is 2.39. The largest absolute Gasteiger partial charge is 0.469 e. The van der Waals surface area contributed by atoms with Crippen molar-refractivity contribution in [3.05, 3.63) is 24.2 Å². The second kappa shape index (κ2) is 6.36. The highest BCUT2D eigenvalue weighted by Gasteiger charge is 2.40. The van der Waals surface area contributed by atoms with E-state index in [2.05, 4.69) is 12.3 Å². The molecule has 3 N–H and O–H groups in total. The van der Waals surface area contributed by atoms with Gasteiger partial charge in [0.2, 0.25) is 0 Å². The zero-order valence-electron chi connectivity index (χ0n) is 11.2. The highest BCUT2D eigenvalue weighted by molar-refractivity contribution is 5.05. The summed E-state index contributed by atoms with van der Waals surface area (Å²) >= 11 is 0. The van der Waals surface area contributed by atoms with Crippen LogP contribution in [0.15, 0.2) is 22.8 Å². The molecule has 1 aromatic heterocycles. The Morgan fingerprint density at radius 3 is 2.78 bits per heavy atom. The molecule has 102 valence electrons. The van der Waals surface area contributed by atoms with Gasteiger partial charge in [0.15, 0.2) is 0 Å². The fourth-order valence-electron chi connectivity index (χ4n) is 3.06. The van der Waals surface area contributed by atoms with Gasteiger partial charge in [0.1, 0.15) is 5.76 Å². The Morgan fingerprint density at radius 1 is 1.44 bits per heavy atom. The number of nitrogens with two attached hydrogens (primary N) is 1. The topological polar surface area (TPSA) is 60.4 Å². The SMILES string of the molecule is CCOC1(C(Cc2ccco2)NN)CCCCC1. The minimum atomic E-state index is -0.130. The standard InChI is InChI=1S/C14H24N2O2/c1-2-18-14(8-4-3-5-9-14)13(16-15)11-12-7-6-10-17-12/h6-7,10,13,16H,2-5,8-9,11,15H2,1H3. The van der Waals surface area contributed by atoms with Crippen LogP contribution in [0.25, 0.3) is 0 Å². The van der Waals surface area contributed by atoms with Crippen LogP contribution in [0.4, 0.5) is 0 Å². The van der Waals surface area contributed by atoms with Gasteiger partial charge in [-0.05, 0) is 31.9 Å². The van der Waals surface area contributed by atoms with Gasteiger partial charge >= 0.3 is 0 Å².